The second kappa shape index (κ2) is 7.86. The maximum absolute atomic E-state index is 12.8. The van der Waals surface area contributed by atoms with E-state index in [1.54, 1.807) is 36.5 Å². The molecular weight excluding hydrogens is 386 g/mol. The second-order valence-corrected chi connectivity index (χ2v) is 9.05. The molecule has 0 bridgehead atoms. The predicted octanol–water partition coefficient (Wildman–Crippen LogP) is 3.59. The number of carbonyl (C=O) groups is 1. The van der Waals surface area contributed by atoms with Gasteiger partial charge in [0.05, 0.1) is 18.1 Å². The number of rotatable bonds is 5. The number of hydrogen-bond donors (Lipinski definition) is 1. The van der Waals surface area contributed by atoms with Gasteiger partial charge in [-0.15, -0.1) is 0 Å². The molecule has 0 saturated carbocycles. The summed E-state index contributed by atoms with van der Waals surface area (Å²) in [6.45, 7) is 2.88. The molecule has 0 aliphatic carbocycles. The Morgan fingerprint density at radius 3 is 2.48 bits per heavy atom. The van der Waals surface area contributed by atoms with Crippen molar-refractivity contribution in [2.24, 2.45) is 5.92 Å². The van der Waals surface area contributed by atoms with E-state index in [0.717, 1.165) is 31.3 Å². The zero-order chi connectivity index (χ0) is 19.6. The Morgan fingerprint density at radius 2 is 1.93 bits per heavy atom. The Hall–Kier alpha value is -2.12. The van der Waals surface area contributed by atoms with Crippen molar-refractivity contribution in [3.63, 3.8) is 0 Å². The summed E-state index contributed by atoms with van der Waals surface area (Å²) in [5.41, 5.74) is 2.06. The Balaban J connectivity index is 1.66. The van der Waals surface area contributed by atoms with E-state index in [1.807, 2.05) is 6.07 Å². The van der Waals surface area contributed by atoms with E-state index in [9.17, 15) is 13.2 Å². The highest BCUT2D eigenvalue weighted by molar-refractivity contribution is 7.92. The minimum Gasteiger partial charge on any atom is -0.368 e. The van der Waals surface area contributed by atoms with E-state index >= 15 is 0 Å². The maximum atomic E-state index is 12.8. The average Bonchev–Trinajstić information content (AvgIpc) is 2.61. The summed E-state index contributed by atoms with van der Waals surface area (Å²) in [4.78, 5) is 19.2. The number of halogens is 1. The van der Waals surface area contributed by atoms with Crippen LogP contribution in [0.3, 0.4) is 0 Å². The average molecular weight is 408 g/mol. The molecule has 0 spiro atoms. The van der Waals surface area contributed by atoms with Gasteiger partial charge in [0.15, 0.2) is 5.78 Å². The van der Waals surface area contributed by atoms with E-state index in [0.29, 0.717) is 16.4 Å². The number of pyridine rings is 1. The molecule has 3 rings (SSSR count). The highest BCUT2D eigenvalue weighted by atomic mass is 35.5. The lowest BCUT2D eigenvalue weighted by atomic mass is 9.85. The smallest absolute Gasteiger partial charge is 0.229 e. The maximum Gasteiger partial charge on any atom is 0.229 e. The minimum absolute atomic E-state index is 0.0507. The number of aromatic nitrogens is 1. The lowest BCUT2D eigenvalue weighted by Crippen LogP contribution is -2.42. The van der Waals surface area contributed by atoms with Crippen LogP contribution >= 0.6 is 11.6 Å². The Bertz CT molecular complexity index is 914. The van der Waals surface area contributed by atoms with Gasteiger partial charge >= 0.3 is 0 Å². The van der Waals surface area contributed by atoms with Gasteiger partial charge in [-0.3, -0.25) is 9.52 Å². The van der Waals surface area contributed by atoms with Crippen molar-refractivity contribution in [1.82, 2.24) is 4.98 Å². The molecule has 2 aromatic rings. The van der Waals surface area contributed by atoms with Crippen molar-refractivity contribution in [2.45, 2.75) is 25.8 Å². The number of hydrogen-bond acceptors (Lipinski definition) is 5. The third kappa shape index (κ3) is 4.99. The fraction of sp³-hybridized carbons (Fsp3) is 0.368. The van der Waals surface area contributed by atoms with Crippen LogP contribution in [0.2, 0.25) is 5.15 Å². The van der Waals surface area contributed by atoms with E-state index in [4.69, 9.17) is 11.6 Å². The van der Waals surface area contributed by atoms with Gasteiger partial charge in [-0.1, -0.05) is 11.6 Å². The third-order valence-electron chi connectivity index (χ3n) is 4.76. The fourth-order valence-electron chi connectivity index (χ4n) is 3.48. The van der Waals surface area contributed by atoms with Gasteiger partial charge in [-0.2, -0.15) is 0 Å². The van der Waals surface area contributed by atoms with Crippen LogP contribution < -0.4 is 9.62 Å². The molecule has 2 atom stereocenters. The fourth-order valence-corrected chi connectivity index (χ4v) is 4.16. The SMILES string of the molecule is CC1CC(C(=O)c2ccc(NS(C)(=O)=O)cc2)CCN1c1ccc(Cl)nc1. The van der Waals surface area contributed by atoms with Crippen LogP contribution in [-0.4, -0.2) is 38.0 Å². The summed E-state index contributed by atoms with van der Waals surface area (Å²) in [5.74, 6) is 0.0480. The second-order valence-electron chi connectivity index (χ2n) is 6.92. The van der Waals surface area contributed by atoms with Gasteiger partial charge in [-0.05, 0) is 56.2 Å². The van der Waals surface area contributed by atoms with E-state index in [1.165, 1.54) is 0 Å². The standard InChI is InChI=1S/C19H22ClN3O3S/c1-13-11-15(9-10-23(13)17-7-8-18(20)21-12-17)19(24)14-3-5-16(6-4-14)22-27(2,25)26/h3-8,12-13,15,22H,9-11H2,1-2H3. The molecule has 8 heteroatoms. The van der Waals surface area contributed by atoms with Gasteiger partial charge in [0.25, 0.3) is 0 Å². The number of benzene rings is 1. The highest BCUT2D eigenvalue weighted by Gasteiger charge is 2.30. The summed E-state index contributed by atoms with van der Waals surface area (Å²) in [7, 11) is -3.33. The first-order valence-electron chi connectivity index (χ1n) is 8.73. The van der Waals surface area contributed by atoms with Crippen LogP contribution in [0.25, 0.3) is 0 Å². The number of carbonyl (C=O) groups excluding carboxylic acids is 1. The topological polar surface area (TPSA) is 79.4 Å². The normalized spacial score (nSPS) is 20.3. The molecular formula is C19H22ClN3O3S. The molecule has 1 aliphatic heterocycles. The van der Waals surface area contributed by atoms with Gasteiger partial charge in [0.2, 0.25) is 10.0 Å². The number of sulfonamides is 1. The Kier molecular flexibility index (Phi) is 5.72. The van der Waals surface area contributed by atoms with Crippen molar-refractivity contribution >= 4 is 38.8 Å². The van der Waals surface area contributed by atoms with Gasteiger partial charge < -0.3 is 4.90 Å². The lowest BCUT2D eigenvalue weighted by Gasteiger charge is -2.38. The molecule has 1 aromatic heterocycles. The first-order valence-corrected chi connectivity index (χ1v) is 11.0. The highest BCUT2D eigenvalue weighted by Crippen LogP contribution is 2.30. The summed E-state index contributed by atoms with van der Waals surface area (Å²) in [5, 5.41) is 0.463. The quantitative estimate of drug-likeness (QED) is 0.605. The van der Waals surface area contributed by atoms with Crippen molar-refractivity contribution in [3.05, 3.63) is 53.3 Å². The molecule has 2 heterocycles. The number of nitrogens with one attached hydrogen (secondary N) is 1. The molecule has 0 radical (unpaired) electrons. The predicted molar refractivity (Wildman–Crippen MR) is 108 cm³/mol. The summed E-state index contributed by atoms with van der Waals surface area (Å²) < 4.78 is 25.0. The molecule has 1 N–H and O–H groups in total. The summed E-state index contributed by atoms with van der Waals surface area (Å²) >= 11 is 5.85. The minimum atomic E-state index is -3.33. The lowest BCUT2D eigenvalue weighted by molar-refractivity contribution is 0.0890. The molecule has 144 valence electrons. The van der Waals surface area contributed by atoms with Crippen LogP contribution in [0.4, 0.5) is 11.4 Å². The number of anilines is 2. The van der Waals surface area contributed by atoms with Crippen molar-refractivity contribution < 1.29 is 13.2 Å². The number of ketones is 1. The van der Waals surface area contributed by atoms with E-state index in [-0.39, 0.29) is 17.7 Å². The monoisotopic (exact) mass is 407 g/mol. The molecule has 1 fully saturated rings. The number of nitrogens with zero attached hydrogens (tertiary/aromatic N) is 2. The molecule has 27 heavy (non-hydrogen) atoms. The molecule has 1 aromatic carbocycles. The van der Waals surface area contributed by atoms with E-state index in [2.05, 4.69) is 21.5 Å². The van der Waals surface area contributed by atoms with Crippen molar-refractivity contribution in [3.8, 4) is 0 Å². The van der Waals surface area contributed by atoms with Crippen molar-refractivity contribution in [1.29, 1.82) is 0 Å². The van der Waals surface area contributed by atoms with Crippen LogP contribution in [0, 0.1) is 5.92 Å². The zero-order valence-electron chi connectivity index (χ0n) is 15.2. The Morgan fingerprint density at radius 1 is 1.22 bits per heavy atom. The van der Waals surface area contributed by atoms with Gasteiger partial charge in [0, 0.05) is 29.8 Å². The van der Waals surface area contributed by atoms with Crippen molar-refractivity contribution in [2.75, 3.05) is 22.4 Å². The molecule has 1 aliphatic rings. The first-order chi connectivity index (χ1) is 12.7. The van der Waals surface area contributed by atoms with Crippen LogP contribution in [-0.2, 0) is 10.0 Å². The zero-order valence-corrected chi connectivity index (χ0v) is 16.8. The summed E-state index contributed by atoms with van der Waals surface area (Å²) in [6.07, 6.45) is 4.37. The Labute approximate surface area is 164 Å². The molecule has 1 saturated heterocycles. The van der Waals surface area contributed by atoms with Crippen LogP contribution in [0.1, 0.15) is 30.1 Å². The van der Waals surface area contributed by atoms with Crippen LogP contribution in [0.5, 0.6) is 0 Å². The molecule has 0 amide bonds. The van der Waals surface area contributed by atoms with Gasteiger partial charge in [-0.25, -0.2) is 13.4 Å². The largest absolute Gasteiger partial charge is 0.368 e. The number of Topliss-reactive ketones (excluding diaryl/α,β-unsaturated/α-hetero) is 1. The van der Waals surface area contributed by atoms with Gasteiger partial charge in [0.1, 0.15) is 5.15 Å². The third-order valence-corrected chi connectivity index (χ3v) is 5.59. The summed E-state index contributed by atoms with van der Waals surface area (Å²) in [6, 6.07) is 10.5. The first kappa shape index (κ1) is 19.6. The van der Waals surface area contributed by atoms with E-state index < -0.39 is 10.0 Å². The molecule has 2 unspecified atom stereocenters. The molecule has 6 nitrogen and oxygen atoms in total. The van der Waals surface area contributed by atoms with Crippen LogP contribution in [0.15, 0.2) is 42.6 Å². The number of piperidine rings is 1.